The van der Waals surface area contributed by atoms with Crippen molar-refractivity contribution in [3.63, 3.8) is 0 Å². The van der Waals surface area contributed by atoms with Gasteiger partial charge in [-0.1, -0.05) is 18.2 Å². The van der Waals surface area contributed by atoms with Crippen LogP contribution in [0.25, 0.3) is 10.8 Å². The molecule has 3 rings (SSSR count). The highest BCUT2D eigenvalue weighted by Crippen LogP contribution is 2.12. The molecular formula is C16H18N4O3. The van der Waals surface area contributed by atoms with Crippen molar-refractivity contribution in [2.45, 2.75) is 25.8 Å². The summed E-state index contributed by atoms with van der Waals surface area (Å²) in [6.45, 7) is 1.36. The summed E-state index contributed by atoms with van der Waals surface area (Å²) in [7, 11) is 0. The highest BCUT2D eigenvalue weighted by atomic mass is 16.2. The van der Waals surface area contributed by atoms with Crippen LogP contribution in [0.4, 0.5) is 0 Å². The van der Waals surface area contributed by atoms with Crippen LogP contribution in [-0.4, -0.2) is 40.0 Å². The fourth-order valence-electron chi connectivity index (χ4n) is 2.79. The van der Waals surface area contributed by atoms with Gasteiger partial charge in [-0.25, -0.2) is 5.10 Å². The third kappa shape index (κ3) is 3.23. The standard InChI is InChI=1S/C16H18N4O3/c21-14-12-7-3-2-6-11(12)13(18-19-14)10-17-15(22)16(23)20-8-4-1-5-9-20/h2-3,6-7H,1,4-5,8-10H2,(H,17,22)(H,19,21). The lowest BCUT2D eigenvalue weighted by Gasteiger charge is -2.25. The van der Waals surface area contributed by atoms with Gasteiger partial charge in [-0.05, 0) is 25.3 Å². The summed E-state index contributed by atoms with van der Waals surface area (Å²) in [5, 5.41) is 10.1. The zero-order valence-corrected chi connectivity index (χ0v) is 12.7. The first-order valence-electron chi connectivity index (χ1n) is 7.70. The Morgan fingerprint density at radius 2 is 1.83 bits per heavy atom. The second kappa shape index (κ2) is 6.60. The normalized spacial score (nSPS) is 14.7. The van der Waals surface area contributed by atoms with Gasteiger partial charge in [0.05, 0.1) is 17.6 Å². The van der Waals surface area contributed by atoms with Gasteiger partial charge in [0, 0.05) is 18.5 Å². The molecule has 1 fully saturated rings. The topological polar surface area (TPSA) is 95.2 Å². The van der Waals surface area contributed by atoms with Crippen molar-refractivity contribution in [1.29, 1.82) is 0 Å². The lowest BCUT2D eigenvalue weighted by molar-refractivity contribution is -0.146. The predicted molar refractivity (Wildman–Crippen MR) is 84.6 cm³/mol. The molecule has 2 aromatic rings. The maximum absolute atomic E-state index is 12.1. The molecule has 2 N–H and O–H groups in total. The second-order valence-corrected chi connectivity index (χ2v) is 5.58. The quantitative estimate of drug-likeness (QED) is 0.791. The lowest BCUT2D eigenvalue weighted by atomic mass is 10.1. The molecule has 1 aliphatic heterocycles. The van der Waals surface area contributed by atoms with Crippen LogP contribution in [-0.2, 0) is 16.1 Å². The van der Waals surface area contributed by atoms with Gasteiger partial charge in [0.25, 0.3) is 5.56 Å². The Hall–Kier alpha value is -2.70. The van der Waals surface area contributed by atoms with E-state index in [1.54, 1.807) is 29.2 Å². The molecule has 0 spiro atoms. The first kappa shape index (κ1) is 15.2. The summed E-state index contributed by atoms with van der Waals surface area (Å²) in [6, 6.07) is 7.03. The Kier molecular flexibility index (Phi) is 4.36. The highest BCUT2D eigenvalue weighted by molar-refractivity contribution is 6.35. The molecule has 0 aliphatic carbocycles. The van der Waals surface area contributed by atoms with Gasteiger partial charge < -0.3 is 10.2 Å². The average Bonchev–Trinajstić information content (AvgIpc) is 2.61. The van der Waals surface area contributed by atoms with E-state index in [0.29, 0.717) is 29.6 Å². The van der Waals surface area contributed by atoms with Crippen molar-refractivity contribution < 1.29 is 9.59 Å². The largest absolute Gasteiger partial charge is 0.342 e. The molecule has 0 radical (unpaired) electrons. The van der Waals surface area contributed by atoms with Crippen molar-refractivity contribution in [1.82, 2.24) is 20.4 Å². The van der Waals surface area contributed by atoms with Gasteiger partial charge in [0.1, 0.15) is 0 Å². The molecule has 2 amide bonds. The van der Waals surface area contributed by atoms with E-state index in [0.717, 1.165) is 19.3 Å². The van der Waals surface area contributed by atoms with Crippen molar-refractivity contribution in [2.24, 2.45) is 0 Å². The van der Waals surface area contributed by atoms with E-state index in [2.05, 4.69) is 15.5 Å². The fraction of sp³-hybridized carbons (Fsp3) is 0.375. The van der Waals surface area contributed by atoms with Crippen molar-refractivity contribution in [3.8, 4) is 0 Å². The first-order chi connectivity index (χ1) is 11.2. The number of benzene rings is 1. The molecule has 23 heavy (non-hydrogen) atoms. The van der Waals surface area contributed by atoms with Crippen LogP contribution in [0, 0.1) is 0 Å². The Morgan fingerprint density at radius 3 is 2.57 bits per heavy atom. The molecular weight excluding hydrogens is 296 g/mol. The van der Waals surface area contributed by atoms with E-state index in [4.69, 9.17) is 0 Å². The number of amides is 2. The van der Waals surface area contributed by atoms with Crippen LogP contribution >= 0.6 is 0 Å². The van der Waals surface area contributed by atoms with Crippen LogP contribution in [0.1, 0.15) is 25.0 Å². The number of likely N-dealkylation sites (tertiary alicyclic amines) is 1. The number of carbonyl (C=O) groups excluding carboxylic acids is 2. The number of rotatable bonds is 2. The molecule has 1 aromatic carbocycles. The van der Waals surface area contributed by atoms with E-state index >= 15 is 0 Å². The molecule has 120 valence electrons. The molecule has 7 heteroatoms. The van der Waals surface area contributed by atoms with Crippen LogP contribution in [0.5, 0.6) is 0 Å². The minimum atomic E-state index is -0.635. The van der Waals surface area contributed by atoms with Crippen molar-refractivity contribution in [3.05, 3.63) is 40.3 Å². The average molecular weight is 314 g/mol. The number of piperidine rings is 1. The minimum Gasteiger partial charge on any atom is -0.342 e. The monoisotopic (exact) mass is 314 g/mol. The zero-order chi connectivity index (χ0) is 16.2. The maximum atomic E-state index is 12.1. The smallest absolute Gasteiger partial charge is 0.311 e. The first-order valence-corrected chi connectivity index (χ1v) is 7.70. The minimum absolute atomic E-state index is 0.0930. The highest BCUT2D eigenvalue weighted by Gasteiger charge is 2.23. The molecule has 7 nitrogen and oxygen atoms in total. The van der Waals surface area contributed by atoms with Gasteiger partial charge in [-0.2, -0.15) is 5.10 Å². The van der Waals surface area contributed by atoms with Crippen LogP contribution in [0.2, 0.25) is 0 Å². The number of hydrogen-bond donors (Lipinski definition) is 2. The molecule has 1 aromatic heterocycles. The lowest BCUT2D eigenvalue weighted by Crippen LogP contribution is -2.45. The molecule has 0 atom stereocenters. The van der Waals surface area contributed by atoms with Gasteiger partial charge in [0.15, 0.2) is 0 Å². The molecule has 1 saturated heterocycles. The molecule has 2 heterocycles. The summed E-state index contributed by atoms with van der Waals surface area (Å²) in [5.74, 6) is -1.14. The van der Waals surface area contributed by atoms with Crippen molar-refractivity contribution in [2.75, 3.05) is 13.1 Å². The Bertz CT molecular complexity index is 793. The summed E-state index contributed by atoms with van der Waals surface area (Å²) in [4.78, 5) is 37.4. The van der Waals surface area contributed by atoms with Crippen LogP contribution in [0.3, 0.4) is 0 Å². The Labute approximate surface area is 132 Å². The number of aromatic nitrogens is 2. The van der Waals surface area contributed by atoms with Crippen LogP contribution in [0.15, 0.2) is 29.1 Å². The molecule has 0 unspecified atom stereocenters. The van der Waals surface area contributed by atoms with Gasteiger partial charge >= 0.3 is 11.8 Å². The predicted octanol–water partition coefficient (Wildman–Crippen LogP) is 0.552. The van der Waals surface area contributed by atoms with E-state index in [9.17, 15) is 14.4 Å². The van der Waals surface area contributed by atoms with Crippen LogP contribution < -0.4 is 10.9 Å². The zero-order valence-electron chi connectivity index (χ0n) is 12.7. The SMILES string of the molecule is O=C(NCc1n[nH]c(=O)c2ccccc12)C(=O)N1CCCCC1. The molecule has 1 aliphatic rings. The number of hydrogen-bond acceptors (Lipinski definition) is 4. The summed E-state index contributed by atoms with van der Waals surface area (Å²) < 4.78 is 0. The van der Waals surface area contributed by atoms with Gasteiger partial charge in [0.2, 0.25) is 0 Å². The third-order valence-electron chi connectivity index (χ3n) is 4.03. The van der Waals surface area contributed by atoms with Gasteiger partial charge in [-0.3, -0.25) is 14.4 Å². The Morgan fingerprint density at radius 1 is 1.13 bits per heavy atom. The maximum Gasteiger partial charge on any atom is 0.311 e. The Balaban J connectivity index is 1.71. The molecule has 0 saturated carbocycles. The second-order valence-electron chi connectivity index (χ2n) is 5.58. The summed E-state index contributed by atoms with van der Waals surface area (Å²) in [5.41, 5.74) is 0.250. The number of aromatic amines is 1. The van der Waals surface area contributed by atoms with E-state index in [1.165, 1.54) is 0 Å². The van der Waals surface area contributed by atoms with E-state index in [1.807, 2.05) is 0 Å². The number of fused-ring (bicyclic) bond motifs is 1. The summed E-state index contributed by atoms with van der Waals surface area (Å²) >= 11 is 0. The fourth-order valence-corrected chi connectivity index (χ4v) is 2.79. The number of H-pyrrole nitrogens is 1. The van der Waals surface area contributed by atoms with Gasteiger partial charge in [-0.15, -0.1) is 0 Å². The number of carbonyl (C=O) groups is 2. The van der Waals surface area contributed by atoms with Crippen molar-refractivity contribution >= 4 is 22.6 Å². The van der Waals surface area contributed by atoms with E-state index in [-0.39, 0.29) is 12.1 Å². The molecule has 0 bridgehead atoms. The van der Waals surface area contributed by atoms with E-state index < -0.39 is 11.8 Å². The third-order valence-corrected chi connectivity index (χ3v) is 4.03. The number of nitrogens with zero attached hydrogens (tertiary/aromatic N) is 2. The summed E-state index contributed by atoms with van der Waals surface area (Å²) in [6.07, 6.45) is 2.97. The number of nitrogens with one attached hydrogen (secondary N) is 2.